The first kappa shape index (κ1) is 16.1. The molecule has 1 heterocycles. The molecular weight excluding hydrogens is 286 g/mol. The van der Waals surface area contributed by atoms with Gasteiger partial charge in [0.15, 0.2) is 0 Å². The predicted molar refractivity (Wildman–Crippen MR) is 80.4 cm³/mol. The van der Waals surface area contributed by atoms with Crippen LogP contribution >= 0.6 is 0 Å². The Hall–Kier alpha value is -2.30. The molecule has 22 heavy (non-hydrogen) atoms. The molecule has 2 aromatic rings. The van der Waals surface area contributed by atoms with Gasteiger partial charge in [0.2, 0.25) is 0 Å². The number of rotatable bonds is 5. The second kappa shape index (κ2) is 7.11. The van der Waals surface area contributed by atoms with Crippen molar-refractivity contribution in [1.82, 2.24) is 10.3 Å². The highest BCUT2D eigenvalue weighted by Crippen LogP contribution is 2.13. The fraction of sp³-hybridized carbons (Fsp3) is 0.294. The highest BCUT2D eigenvalue weighted by molar-refractivity contribution is 5.94. The predicted octanol–water partition coefficient (Wildman–Crippen LogP) is 3.36. The lowest BCUT2D eigenvalue weighted by Crippen LogP contribution is -2.38. The Balaban J connectivity index is 1.98. The van der Waals surface area contributed by atoms with E-state index in [9.17, 15) is 13.6 Å². The number of carbonyl (C=O) groups excluding carboxylic acids is 1. The maximum atomic E-state index is 13.1. The van der Waals surface area contributed by atoms with Gasteiger partial charge < -0.3 is 5.32 Å². The van der Waals surface area contributed by atoms with Crippen LogP contribution in [0, 0.1) is 17.6 Å². The van der Waals surface area contributed by atoms with E-state index in [0.29, 0.717) is 0 Å². The van der Waals surface area contributed by atoms with E-state index in [1.165, 1.54) is 0 Å². The lowest BCUT2D eigenvalue weighted by atomic mass is 9.95. The van der Waals surface area contributed by atoms with Gasteiger partial charge in [-0.25, -0.2) is 8.78 Å². The highest BCUT2D eigenvalue weighted by atomic mass is 19.1. The van der Waals surface area contributed by atoms with Crippen LogP contribution in [0.5, 0.6) is 0 Å². The van der Waals surface area contributed by atoms with Crippen LogP contribution in [0.25, 0.3) is 0 Å². The van der Waals surface area contributed by atoms with Crippen LogP contribution in [0.2, 0.25) is 0 Å². The zero-order valence-electron chi connectivity index (χ0n) is 12.5. The molecule has 1 amide bonds. The van der Waals surface area contributed by atoms with E-state index in [1.54, 1.807) is 12.4 Å². The maximum absolute atomic E-state index is 13.1. The van der Waals surface area contributed by atoms with E-state index >= 15 is 0 Å². The molecule has 2 atom stereocenters. The monoisotopic (exact) mass is 304 g/mol. The summed E-state index contributed by atoms with van der Waals surface area (Å²) >= 11 is 0. The first-order valence-electron chi connectivity index (χ1n) is 7.11. The van der Waals surface area contributed by atoms with Crippen molar-refractivity contribution in [3.8, 4) is 0 Å². The average Bonchev–Trinajstić information content (AvgIpc) is 2.47. The van der Waals surface area contributed by atoms with Gasteiger partial charge in [0, 0.05) is 30.1 Å². The number of halogens is 2. The standard InChI is InChI=1S/C17H18F2N2O/c1-11(6-13-4-3-5-20-10-13)12(2)21-17(22)14-7-15(18)9-16(19)8-14/h3-5,7-12H,6H2,1-2H3,(H,21,22). The highest BCUT2D eigenvalue weighted by Gasteiger charge is 2.17. The SMILES string of the molecule is CC(Cc1cccnc1)C(C)NC(=O)c1cc(F)cc(F)c1. The fourth-order valence-corrected chi connectivity index (χ4v) is 2.18. The van der Waals surface area contributed by atoms with E-state index in [4.69, 9.17) is 0 Å². The van der Waals surface area contributed by atoms with Crippen LogP contribution in [-0.4, -0.2) is 16.9 Å². The Kier molecular flexibility index (Phi) is 5.20. The summed E-state index contributed by atoms with van der Waals surface area (Å²) in [5.41, 5.74) is 1.06. The van der Waals surface area contributed by atoms with Gasteiger partial charge in [-0.05, 0) is 43.0 Å². The second-order valence-corrected chi connectivity index (χ2v) is 5.46. The number of nitrogens with one attached hydrogen (secondary N) is 1. The van der Waals surface area contributed by atoms with Crippen LogP contribution in [0.3, 0.4) is 0 Å². The van der Waals surface area contributed by atoms with Crippen molar-refractivity contribution in [3.63, 3.8) is 0 Å². The van der Waals surface area contributed by atoms with Crippen LogP contribution in [-0.2, 0) is 6.42 Å². The summed E-state index contributed by atoms with van der Waals surface area (Å²) in [7, 11) is 0. The Labute approximate surface area is 128 Å². The van der Waals surface area contributed by atoms with Crippen LogP contribution in [0.1, 0.15) is 29.8 Å². The zero-order valence-corrected chi connectivity index (χ0v) is 12.5. The Morgan fingerprint density at radius 2 is 1.91 bits per heavy atom. The van der Waals surface area contributed by atoms with Crippen molar-refractivity contribution in [2.45, 2.75) is 26.3 Å². The molecule has 116 valence electrons. The summed E-state index contributed by atoms with van der Waals surface area (Å²) in [5.74, 6) is -1.85. The number of aromatic nitrogens is 1. The molecule has 1 aromatic heterocycles. The van der Waals surface area contributed by atoms with E-state index in [2.05, 4.69) is 10.3 Å². The number of amides is 1. The Morgan fingerprint density at radius 1 is 1.23 bits per heavy atom. The molecule has 2 unspecified atom stereocenters. The van der Waals surface area contributed by atoms with Crippen molar-refractivity contribution in [1.29, 1.82) is 0 Å². The Bertz CT molecular complexity index is 626. The first-order valence-corrected chi connectivity index (χ1v) is 7.11. The molecule has 0 aliphatic heterocycles. The number of hydrogen-bond acceptors (Lipinski definition) is 2. The van der Waals surface area contributed by atoms with Crippen LogP contribution in [0.4, 0.5) is 8.78 Å². The molecule has 0 spiro atoms. The lowest BCUT2D eigenvalue weighted by Gasteiger charge is -2.21. The van der Waals surface area contributed by atoms with Gasteiger partial charge in [0.1, 0.15) is 11.6 Å². The molecule has 0 saturated heterocycles. The molecule has 0 aliphatic rings. The summed E-state index contributed by atoms with van der Waals surface area (Å²) in [5, 5.41) is 2.78. The number of benzene rings is 1. The van der Waals surface area contributed by atoms with Crippen LogP contribution in [0.15, 0.2) is 42.7 Å². The minimum Gasteiger partial charge on any atom is -0.349 e. The van der Waals surface area contributed by atoms with Gasteiger partial charge in [0.25, 0.3) is 5.91 Å². The molecule has 0 bridgehead atoms. The quantitative estimate of drug-likeness (QED) is 0.920. The smallest absolute Gasteiger partial charge is 0.251 e. The molecule has 0 aliphatic carbocycles. The molecule has 0 saturated carbocycles. The van der Waals surface area contributed by atoms with Crippen molar-refractivity contribution >= 4 is 5.91 Å². The third kappa shape index (κ3) is 4.35. The van der Waals surface area contributed by atoms with Gasteiger partial charge in [0.05, 0.1) is 0 Å². The van der Waals surface area contributed by atoms with E-state index in [0.717, 1.165) is 30.2 Å². The molecule has 2 rings (SSSR count). The van der Waals surface area contributed by atoms with Gasteiger partial charge >= 0.3 is 0 Å². The first-order chi connectivity index (χ1) is 10.5. The van der Waals surface area contributed by atoms with Crippen molar-refractivity contribution in [3.05, 3.63) is 65.5 Å². The summed E-state index contributed by atoms with van der Waals surface area (Å²) in [6.07, 6.45) is 4.25. The molecular formula is C17H18F2N2O. The fourth-order valence-electron chi connectivity index (χ4n) is 2.18. The number of carbonyl (C=O) groups is 1. The number of pyridine rings is 1. The largest absolute Gasteiger partial charge is 0.349 e. The minimum atomic E-state index is -0.763. The van der Waals surface area contributed by atoms with Gasteiger partial charge in [-0.15, -0.1) is 0 Å². The summed E-state index contributed by atoms with van der Waals surface area (Å²) in [6, 6.07) is 6.49. The summed E-state index contributed by atoms with van der Waals surface area (Å²) in [4.78, 5) is 16.1. The second-order valence-electron chi connectivity index (χ2n) is 5.46. The third-order valence-electron chi connectivity index (χ3n) is 3.62. The minimum absolute atomic E-state index is 0.0158. The van der Waals surface area contributed by atoms with Crippen LogP contribution < -0.4 is 5.32 Å². The van der Waals surface area contributed by atoms with Crippen molar-refractivity contribution < 1.29 is 13.6 Å². The zero-order chi connectivity index (χ0) is 16.1. The summed E-state index contributed by atoms with van der Waals surface area (Å²) in [6.45, 7) is 3.87. The average molecular weight is 304 g/mol. The maximum Gasteiger partial charge on any atom is 0.251 e. The van der Waals surface area contributed by atoms with Gasteiger partial charge in [-0.3, -0.25) is 9.78 Å². The molecule has 5 heteroatoms. The van der Waals surface area contributed by atoms with E-state index in [-0.39, 0.29) is 17.5 Å². The summed E-state index contributed by atoms with van der Waals surface area (Å²) < 4.78 is 26.3. The van der Waals surface area contributed by atoms with Crippen molar-refractivity contribution in [2.24, 2.45) is 5.92 Å². The third-order valence-corrected chi connectivity index (χ3v) is 3.62. The Morgan fingerprint density at radius 3 is 2.50 bits per heavy atom. The molecule has 1 N–H and O–H groups in total. The lowest BCUT2D eigenvalue weighted by molar-refractivity contribution is 0.0927. The normalized spacial score (nSPS) is 13.5. The number of nitrogens with zero attached hydrogens (tertiary/aromatic N) is 1. The van der Waals surface area contributed by atoms with Crippen molar-refractivity contribution in [2.75, 3.05) is 0 Å². The molecule has 1 aromatic carbocycles. The van der Waals surface area contributed by atoms with E-state index < -0.39 is 17.5 Å². The molecule has 3 nitrogen and oxygen atoms in total. The number of hydrogen-bond donors (Lipinski definition) is 1. The van der Waals surface area contributed by atoms with Gasteiger partial charge in [-0.2, -0.15) is 0 Å². The molecule has 0 fully saturated rings. The van der Waals surface area contributed by atoms with Gasteiger partial charge in [-0.1, -0.05) is 13.0 Å². The van der Waals surface area contributed by atoms with E-state index in [1.807, 2.05) is 26.0 Å². The topological polar surface area (TPSA) is 42.0 Å². The molecule has 0 radical (unpaired) electrons.